The molecule has 1 aliphatic rings. The predicted octanol–water partition coefficient (Wildman–Crippen LogP) is 3.54. The summed E-state index contributed by atoms with van der Waals surface area (Å²) in [7, 11) is 6.76. The Hall–Kier alpha value is -2.59. The minimum Gasteiger partial charge on any atom is -0.495 e. The van der Waals surface area contributed by atoms with E-state index < -0.39 is 0 Å². The largest absolute Gasteiger partial charge is 0.495 e. The normalized spacial score (nSPS) is 16.2. The molecule has 34 heavy (non-hydrogen) atoms. The fraction of sp³-hybridized carbons (Fsp3) is 0.435. The highest BCUT2D eigenvalue weighted by molar-refractivity contribution is 6.41. The third-order valence-corrected chi connectivity index (χ3v) is 6.66. The first kappa shape index (κ1) is 24.5. The van der Waals surface area contributed by atoms with Crippen molar-refractivity contribution in [2.24, 2.45) is 0 Å². The Morgan fingerprint density at radius 1 is 1.18 bits per heavy atom. The number of halogens is 2. The number of likely N-dealkylation sites (N-methyl/N-ethyl adjacent to an activating group) is 1. The number of benzene rings is 1. The Bertz CT molecular complexity index is 1240. The zero-order valence-corrected chi connectivity index (χ0v) is 21.0. The molecule has 0 amide bonds. The summed E-state index contributed by atoms with van der Waals surface area (Å²) >= 11 is 13.2. The van der Waals surface area contributed by atoms with Crippen molar-refractivity contribution >= 4 is 40.2 Å². The Morgan fingerprint density at radius 3 is 2.47 bits per heavy atom. The first-order valence-corrected chi connectivity index (χ1v) is 11.6. The Labute approximate surface area is 207 Å². The van der Waals surface area contributed by atoms with Crippen molar-refractivity contribution in [3.05, 3.63) is 38.7 Å². The molecule has 0 bridgehead atoms. The number of fused-ring (bicyclic) bond motifs is 1. The smallest absolute Gasteiger partial charge is 0.260 e. The van der Waals surface area contributed by atoms with Crippen molar-refractivity contribution in [2.75, 3.05) is 53.3 Å². The molecule has 1 N–H and O–H groups in total. The molecule has 0 spiro atoms. The molecular formula is C23H27Cl2N5O4. The number of pyridine rings is 1. The molecule has 2 aromatic heterocycles. The number of likely N-dealkylation sites (tertiary alicyclic amines) is 1. The monoisotopic (exact) mass is 507 g/mol. The highest BCUT2D eigenvalue weighted by Gasteiger charge is 2.24. The van der Waals surface area contributed by atoms with Crippen LogP contribution in [0.5, 0.6) is 11.5 Å². The van der Waals surface area contributed by atoms with Crippen molar-refractivity contribution in [2.45, 2.75) is 19.1 Å². The standard InChI is InChI=1S/C23H27Cl2N5O4/c1-26-23-27-11-13-9-15(18-19(24)16(32-3)10-17(33-4)20(18)25)22(31)30(21(13)28-23)7-8-34-14-5-6-29(2)12-14/h9-11,14H,5-8,12H2,1-4H3,(H,26,27,28). The molecule has 1 aliphatic heterocycles. The van der Waals surface area contributed by atoms with Crippen molar-refractivity contribution in [1.29, 1.82) is 0 Å². The van der Waals surface area contributed by atoms with Gasteiger partial charge in [0.15, 0.2) is 0 Å². The number of aromatic nitrogens is 3. The molecule has 1 aromatic carbocycles. The van der Waals surface area contributed by atoms with E-state index in [4.69, 9.17) is 37.4 Å². The van der Waals surface area contributed by atoms with Gasteiger partial charge in [-0.3, -0.25) is 9.36 Å². The Balaban J connectivity index is 1.84. The molecule has 1 saturated heterocycles. The minimum absolute atomic E-state index is 0.143. The van der Waals surface area contributed by atoms with E-state index in [1.807, 2.05) is 0 Å². The molecule has 0 saturated carbocycles. The van der Waals surface area contributed by atoms with Gasteiger partial charge in [-0.15, -0.1) is 0 Å². The van der Waals surface area contributed by atoms with E-state index in [9.17, 15) is 4.79 Å². The van der Waals surface area contributed by atoms with E-state index in [0.29, 0.717) is 52.8 Å². The summed E-state index contributed by atoms with van der Waals surface area (Å²) in [5.74, 6) is 1.10. The highest BCUT2D eigenvalue weighted by Crippen LogP contribution is 2.45. The van der Waals surface area contributed by atoms with E-state index in [2.05, 4.69) is 27.2 Å². The molecule has 1 atom stereocenters. The van der Waals surface area contributed by atoms with Gasteiger partial charge < -0.3 is 24.4 Å². The van der Waals surface area contributed by atoms with Crippen LogP contribution in [-0.2, 0) is 11.3 Å². The maximum Gasteiger partial charge on any atom is 0.260 e. The predicted molar refractivity (Wildman–Crippen MR) is 134 cm³/mol. The zero-order chi connectivity index (χ0) is 24.4. The van der Waals surface area contributed by atoms with Crippen LogP contribution in [-0.4, -0.2) is 73.6 Å². The Morgan fingerprint density at radius 2 is 1.88 bits per heavy atom. The number of nitrogens with zero attached hydrogens (tertiary/aromatic N) is 4. The summed E-state index contributed by atoms with van der Waals surface area (Å²) < 4.78 is 18.4. The first-order valence-electron chi connectivity index (χ1n) is 10.9. The maximum atomic E-state index is 13.8. The molecule has 9 nitrogen and oxygen atoms in total. The van der Waals surface area contributed by atoms with Crippen LogP contribution in [0.25, 0.3) is 22.2 Å². The van der Waals surface area contributed by atoms with Crippen molar-refractivity contribution < 1.29 is 14.2 Å². The number of methoxy groups -OCH3 is 2. The molecule has 3 aromatic rings. The van der Waals surface area contributed by atoms with Crippen LogP contribution in [0.1, 0.15) is 6.42 Å². The lowest BCUT2D eigenvalue weighted by molar-refractivity contribution is 0.0556. The summed E-state index contributed by atoms with van der Waals surface area (Å²) in [6, 6.07) is 3.27. The third-order valence-electron chi connectivity index (χ3n) is 5.91. The van der Waals surface area contributed by atoms with Crippen LogP contribution in [0.4, 0.5) is 5.95 Å². The molecule has 0 aliphatic carbocycles. The highest BCUT2D eigenvalue weighted by atomic mass is 35.5. The molecule has 0 radical (unpaired) electrons. The average molecular weight is 508 g/mol. The van der Waals surface area contributed by atoms with Crippen LogP contribution in [0, 0.1) is 0 Å². The minimum atomic E-state index is -0.306. The SMILES string of the molecule is CNc1ncc2cc(-c3c(Cl)c(OC)cc(OC)c3Cl)c(=O)n(CCOC3CCN(C)C3)c2n1. The van der Waals surface area contributed by atoms with Gasteiger partial charge >= 0.3 is 0 Å². The van der Waals surface area contributed by atoms with E-state index >= 15 is 0 Å². The second kappa shape index (κ2) is 10.4. The van der Waals surface area contributed by atoms with Crippen LogP contribution in [0.15, 0.2) is 23.1 Å². The lowest BCUT2D eigenvalue weighted by atomic mass is 10.0. The maximum absolute atomic E-state index is 13.8. The summed E-state index contributed by atoms with van der Waals surface area (Å²) in [4.78, 5) is 24.8. The number of ether oxygens (including phenoxy) is 3. The number of nitrogens with one attached hydrogen (secondary N) is 1. The second-order valence-electron chi connectivity index (χ2n) is 8.07. The number of hydrogen-bond acceptors (Lipinski definition) is 8. The van der Waals surface area contributed by atoms with Crippen LogP contribution >= 0.6 is 23.2 Å². The van der Waals surface area contributed by atoms with Gasteiger partial charge in [-0.2, -0.15) is 4.98 Å². The van der Waals surface area contributed by atoms with E-state index in [1.165, 1.54) is 14.2 Å². The van der Waals surface area contributed by atoms with Gasteiger partial charge in [-0.1, -0.05) is 23.2 Å². The molecule has 1 fully saturated rings. The van der Waals surface area contributed by atoms with Crippen LogP contribution in [0.2, 0.25) is 10.0 Å². The fourth-order valence-electron chi connectivity index (χ4n) is 4.13. The third kappa shape index (κ3) is 4.65. The summed E-state index contributed by atoms with van der Waals surface area (Å²) in [5.41, 5.74) is 0.805. The van der Waals surface area contributed by atoms with E-state index in [0.717, 1.165) is 19.5 Å². The molecule has 11 heteroatoms. The van der Waals surface area contributed by atoms with Gasteiger partial charge in [-0.25, -0.2) is 4.98 Å². The second-order valence-corrected chi connectivity index (χ2v) is 8.82. The average Bonchev–Trinajstić information content (AvgIpc) is 3.25. The van der Waals surface area contributed by atoms with Crippen LogP contribution < -0.4 is 20.3 Å². The molecule has 182 valence electrons. The summed E-state index contributed by atoms with van der Waals surface area (Å²) in [6.45, 7) is 2.53. The number of rotatable bonds is 8. The lowest BCUT2D eigenvalue weighted by Gasteiger charge is -2.18. The van der Waals surface area contributed by atoms with Gasteiger partial charge in [0, 0.05) is 43.4 Å². The van der Waals surface area contributed by atoms with Gasteiger partial charge in [0.05, 0.1) is 49.1 Å². The molecule has 3 heterocycles. The lowest BCUT2D eigenvalue weighted by Crippen LogP contribution is -2.27. The molecule has 4 rings (SSSR count). The number of hydrogen-bond donors (Lipinski definition) is 1. The van der Waals surface area contributed by atoms with E-state index in [1.54, 1.807) is 29.9 Å². The Kier molecular flexibility index (Phi) is 7.47. The van der Waals surface area contributed by atoms with Gasteiger partial charge in [0.1, 0.15) is 17.1 Å². The molecule has 1 unspecified atom stereocenters. The van der Waals surface area contributed by atoms with Gasteiger partial charge in [-0.05, 0) is 19.5 Å². The quantitative estimate of drug-likeness (QED) is 0.494. The van der Waals surface area contributed by atoms with Gasteiger partial charge in [0.2, 0.25) is 5.95 Å². The van der Waals surface area contributed by atoms with Crippen LogP contribution in [0.3, 0.4) is 0 Å². The van der Waals surface area contributed by atoms with Gasteiger partial charge in [0.25, 0.3) is 5.56 Å². The number of anilines is 1. The van der Waals surface area contributed by atoms with Crippen molar-refractivity contribution in [1.82, 2.24) is 19.4 Å². The fourth-order valence-corrected chi connectivity index (χ4v) is 4.83. The van der Waals surface area contributed by atoms with E-state index in [-0.39, 0.29) is 21.7 Å². The molecular weight excluding hydrogens is 481 g/mol. The first-order chi connectivity index (χ1) is 16.4. The topological polar surface area (TPSA) is 90.7 Å². The summed E-state index contributed by atoms with van der Waals surface area (Å²) in [5, 5.41) is 4.01. The van der Waals surface area contributed by atoms with Crippen molar-refractivity contribution in [3.8, 4) is 22.6 Å². The van der Waals surface area contributed by atoms with Crippen molar-refractivity contribution in [3.63, 3.8) is 0 Å². The zero-order valence-electron chi connectivity index (χ0n) is 19.5. The summed E-state index contributed by atoms with van der Waals surface area (Å²) in [6.07, 6.45) is 2.76.